The van der Waals surface area contributed by atoms with Gasteiger partial charge in [-0.3, -0.25) is 4.31 Å². The van der Waals surface area contributed by atoms with Crippen molar-refractivity contribution in [2.75, 3.05) is 10.8 Å². The van der Waals surface area contributed by atoms with Gasteiger partial charge in [-0.15, -0.1) is 0 Å². The van der Waals surface area contributed by atoms with Crippen LogP contribution >= 0.6 is 11.6 Å². The summed E-state index contributed by atoms with van der Waals surface area (Å²) in [7, 11) is -3.73. The summed E-state index contributed by atoms with van der Waals surface area (Å²) in [4.78, 5) is 0.119. The van der Waals surface area contributed by atoms with Gasteiger partial charge in [0.25, 0.3) is 10.0 Å². The van der Waals surface area contributed by atoms with Gasteiger partial charge in [0.15, 0.2) is 0 Å². The normalized spacial score (nSPS) is 11.3. The molecule has 0 unspecified atom stereocenters. The third kappa shape index (κ3) is 2.94. The summed E-state index contributed by atoms with van der Waals surface area (Å²) in [5.74, 6) is -0.479. The van der Waals surface area contributed by atoms with Crippen LogP contribution in [0.4, 0.5) is 10.1 Å². The Balaban J connectivity index is 2.47. The summed E-state index contributed by atoms with van der Waals surface area (Å²) in [5, 5.41) is 0.456. The Morgan fingerprint density at radius 2 is 1.80 bits per heavy atom. The highest BCUT2D eigenvalue weighted by Crippen LogP contribution is 2.24. The molecule has 0 atom stereocenters. The van der Waals surface area contributed by atoms with Gasteiger partial charge in [-0.2, -0.15) is 0 Å². The Kier molecular flexibility index (Phi) is 4.30. The van der Waals surface area contributed by atoms with E-state index in [0.29, 0.717) is 10.7 Å². The summed E-state index contributed by atoms with van der Waals surface area (Å²) in [5.41, 5.74) is 0.294. The van der Waals surface area contributed by atoms with E-state index in [0.717, 1.165) is 4.31 Å². The summed E-state index contributed by atoms with van der Waals surface area (Å²) < 4.78 is 39.5. The highest BCUT2D eigenvalue weighted by Gasteiger charge is 2.23. The molecule has 0 amide bonds. The first-order valence-electron chi connectivity index (χ1n) is 5.99. The van der Waals surface area contributed by atoms with Crippen LogP contribution in [0.25, 0.3) is 0 Å². The van der Waals surface area contributed by atoms with E-state index in [2.05, 4.69) is 0 Å². The van der Waals surface area contributed by atoms with Crippen LogP contribution < -0.4 is 4.31 Å². The van der Waals surface area contributed by atoms with Gasteiger partial charge in [0.1, 0.15) is 5.82 Å². The van der Waals surface area contributed by atoms with Crippen LogP contribution in [-0.2, 0) is 10.0 Å². The van der Waals surface area contributed by atoms with Crippen molar-refractivity contribution in [1.82, 2.24) is 0 Å². The Hall–Kier alpha value is -1.59. The molecule has 2 rings (SSSR count). The largest absolute Gasteiger partial charge is 0.267 e. The molecular formula is C14H13ClFNO2S. The van der Waals surface area contributed by atoms with Crippen molar-refractivity contribution in [2.24, 2.45) is 0 Å². The summed E-state index contributed by atoms with van der Waals surface area (Å²) >= 11 is 5.75. The molecule has 0 saturated carbocycles. The second-order valence-electron chi connectivity index (χ2n) is 4.10. The number of halogens is 2. The maximum absolute atomic E-state index is 13.3. The van der Waals surface area contributed by atoms with Crippen molar-refractivity contribution in [3.05, 3.63) is 59.4 Å². The molecule has 2 aromatic carbocycles. The second kappa shape index (κ2) is 5.81. The molecule has 0 fully saturated rings. The van der Waals surface area contributed by atoms with Gasteiger partial charge >= 0.3 is 0 Å². The van der Waals surface area contributed by atoms with E-state index in [1.807, 2.05) is 0 Å². The summed E-state index contributed by atoms with van der Waals surface area (Å²) in [6, 6.07) is 11.4. The minimum Gasteiger partial charge on any atom is -0.267 e. The lowest BCUT2D eigenvalue weighted by Crippen LogP contribution is -2.30. The predicted molar refractivity (Wildman–Crippen MR) is 78.1 cm³/mol. The Morgan fingerprint density at radius 3 is 2.35 bits per heavy atom. The standard InChI is InChI=1S/C14H13ClFNO2S/c1-2-17(13-5-3-4-12(16)10-13)20(18,19)14-8-6-11(15)7-9-14/h3-10H,2H2,1H3. The number of hydrogen-bond donors (Lipinski definition) is 0. The molecule has 106 valence electrons. The zero-order chi connectivity index (χ0) is 14.8. The lowest BCUT2D eigenvalue weighted by Gasteiger charge is -2.23. The number of hydrogen-bond acceptors (Lipinski definition) is 2. The van der Waals surface area contributed by atoms with Crippen molar-refractivity contribution in [1.29, 1.82) is 0 Å². The Bertz CT molecular complexity index is 701. The SMILES string of the molecule is CCN(c1cccc(F)c1)S(=O)(=O)c1ccc(Cl)cc1. The lowest BCUT2D eigenvalue weighted by molar-refractivity contribution is 0.591. The van der Waals surface area contributed by atoms with Crippen LogP contribution in [0.2, 0.25) is 5.02 Å². The van der Waals surface area contributed by atoms with E-state index in [1.165, 1.54) is 42.5 Å². The average molecular weight is 314 g/mol. The first-order chi connectivity index (χ1) is 9.45. The molecule has 0 aliphatic rings. The monoisotopic (exact) mass is 313 g/mol. The molecule has 0 spiro atoms. The fourth-order valence-corrected chi connectivity index (χ4v) is 3.45. The first-order valence-corrected chi connectivity index (χ1v) is 7.81. The van der Waals surface area contributed by atoms with Gasteiger partial charge in [0.2, 0.25) is 0 Å². The predicted octanol–water partition coefficient (Wildman–Crippen LogP) is 3.69. The fraction of sp³-hybridized carbons (Fsp3) is 0.143. The van der Waals surface area contributed by atoms with Gasteiger partial charge in [0.05, 0.1) is 10.6 Å². The number of anilines is 1. The maximum Gasteiger partial charge on any atom is 0.264 e. The lowest BCUT2D eigenvalue weighted by atomic mass is 10.3. The minimum atomic E-state index is -3.73. The average Bonchev–Trinajstić information content (AvgIpc) is 2.40. The van der Waals surface area contributed by atoms with E-state index in [9.17, 15) is 12.8 Å². The van der Waals surface area contributed by atoms with Gasteiger partial charge in [-0.1, -0.05) is 17.7 Å². The molecule has 3 nitrogen and oxygen atoms in total. The number of rotatable bonds is 4. The van der Waals surface area contributed by atoms with E-state index in [-0.39, 0.29) is 11.4 Å². The molecule has 0 aromatic heterocycles. The molecule has 0 bridgehead atoms. The van der Waals surface area contributed by atoms with E-state index in [1.54, 1.807) is 13.0 Å². The van der Waals surface area contributed by atoms with Gasteiger partial charge in [-0.05, 0) is 49.4 Å². The fourth-order valence-electron chi connectivity index (χ4n) is 1.86. The van der Waals surface area contributed by atoms with Crippen molar-refractivity contribution >= 4 is 27.3 Å². The first kappa shape index (κ1) is 14.8. The van der Waals surface area contributed by atoms with Crippen LogP contribution in [0, 0.1) is 5.82 Å². The van der Waals surface area contributed by atoms with E-state index < -0.39 is 15.8 Å². The number of sulfonamides is 1. The molecule has 0 aliphatic heterocycles. The highest BCUT2D eigenvalue weighted by molar-refractivity contribution is 7.92. The zero-order valence-corrected chi connectivity index (χ0v) is 12.3. The second-order valence-corrected chi connectivity index (χ2v) is 6.40. The summed E-state index contributed by atoms with van der Waals surface area (Å²) in [6.07, 6.45) is 0. The minimum absolute atomic E-state index is 0.119. The van der Waals surface area contributed by atoms with Crippen LogP contribution in [0.1, 0.15) is 6.92 Å². The molecule has 2 aromatic rings. The molecule has 0 radical (unpaired) electrons. The molecule has 0 N–H and O–H groups in total. The van der Waals surface area contributed by atoms with Crippen molar-refractivity contribution in [2.45, 2.75) is 11.8 Å². The molecule has 20 heavy (non-hydrogen) atoms. The smallest absolute Gasteiger partial charge is 0.264 e. The zero-order valence-electron chi connectivity index (χ0n) is 10.8. The van der Waals surface area contributed by atoms with Gasteiger partial charge in [0, 0.05) is 11.6 Å². The van der Waals surface area contributed by atoms with Crippen LogP contribution in [0.5, 0.6) is 0 Å². The summed E-state index contributed by atoms with van der Waals surface area (Å²) in [6.45, 7) is 1.90. The van der Waals surface area contributed by atoms with Gasteiger partial charge < -0.3 is 0 Å². The third-order valence-electron chi connectivity index (χ3n) is 2.79. The van der Waals surface area contributed by atoms with E-state index >= 15 is 0 Å². The molecule has 6 heteroatoms. The molecular weight excluding hydrogens is 301 g/mol. The highest BCUT2D eigenvalue weighted by atomic mass is 35.5. The number of benzene rings is 2. The van der Waals surface area contributed by atoms with Crippen molar-refractivity contribution in [3.8, 4) is 0 Å². The topological polar surface area (TPSA) is 37.4 Å². The van der Waals surface area contributed by atoms with Crippen LogP contribution in [0.3, 0.4) is 0 Å². The van der Waals surface area contributed by atoms with Crippen LogP contribution in [-0.4, -0.2) is 15.0 Å². The Labute approximate surface area is 122 Å². The van der Waals surface area contributed by atoms with Gasteiger partial charge in [-0.25, -0.2) is 12.8 Å². The van der Waals surface area contributed by atoms with Crippen LogP contribution in [0.15, 0.2) is 53.4 Å². The third-order valence-corrected chi connectivity index (χ3v) is 4.95. The quantitative estimate of drug-likeness (QED) is 0.863. The van der Waals surface area contributed by atoms with Crippen molar-refractivity contribution < 1.29 is 12.8 Å². The maximum atomic E-state index is 13.3. The Morgan fingerprint density at radius 1 is 1.15 bits per heavy atom. The molecule has 0 aliphatic carbocycles. The van der Waals surface area contributed by atoms with E-state index in [4.69, 9.17) is 11.6 Å². The van der Waals surface area contributed by atoms with Crippen molar-refractivity contribution in [3.63, 3.8) is 0 Å². The molecule has 0 heterocycles. The number of nitrogens with zero attached hydrogens (tertiary/aromatic N) is 1. The molecule has 0 saturated heterocycles.